The van der Waals surface area contributed by atoms with Crippen molar-refractivity contribution in [2.24, 2.45) is 0 Å². The zero-order valence-electron chi connectivity index (χ0n) is 14.6. The van der Waals surface area contributed by atoms with Gasteiger partial charge in [-0.3, -0.25) is 4.79 Å². The molecule has 1 amide bonds. The molecule has 0 saturated carbocycles. The lowest BCUT2D eigenvalue weighted by atomic mass is 10.1. The predicted molar refractivity (Wildman–Crippen MR) is 99.9 cm³/mol. The molecule has 6 nitrogen and oxygen atoms in total. The minimum Gasteiger partial charge on any atom is -0.507 e. The highest BCUT2D eigenvalue weighted by atomic mass is 32.2. The molecule has 0 radical (unpaired) electrons. The summed E-state index contributed by atoms with van der Waals surface area (Å²) in [5.74, 6) is -0.807. The van der Waals surface area contributed by atoms with Gasteiger partial charge in [0.05, 0.1) is 10.5 Å². The molecule has 26 heavy (non-hydrogen) atoms. The first kappa shape index (κ1) is 18.4. The Hall–Kier alpha value is -2.38. The van der Waals surface area contributed by atoms with E-state index in [1.807, 2.05) is 19.1 Å². The smallest absolute Gasteiger partial charge is 0.259 e. The van der Waals surface area contributed by atoms with Crippen LogP contribution < -0.4 is 5.32 Å². The molecule has 0 atom stereocenters. The average Bonchev–Trinajstić information content (AvgIpc) is 3.18. The van der Waals surface area contributed by atoms with Crippen molar-refractivity contribution in [1.82, 2.24) is 4.31 Å². The number of anilines is 1. The van der Waals surface area contributed by atoms with Crippen molar-refractivity contribution in [3.8, 4) is 5.75 Å². The molecule has 2 aromatic carbocycles. The molecule has 0 spiro atoms. The molecular formula is C19H22N2O4S. The van der Waals surface area contributed by atoms with Crippen molar-refractivity contribution in [3.05, 3.63) is 53.6 Å². The molecule has 138 valence electrons. The number of rotatable bonds is 5. The highest BCUT2D eigenvalue weighted by Crippen LogP contribution is 2.26. The fourth-order valence-electron chi connectivity index (χ4n) is 2.96. The molecule has 1 fully saturated rings. The topological polar surface area (TPSA) is 86.7 Å². The number of carbonyl (C=O) groups excluding carboxylic acids is 1. The highest BCUT2D eigenvalue weighted by Gasteiger charge is 2.28. The highest BCUT2D eigenvalue weighted by molar-refractivity contribution is 7.89. The van der Waals surface area contributed by atoms with Crippen LogP contribution in [0.2, 0.25) is 0 Å². The number of sulfonamides is 1. The van der Waals surface area contributed by atoms with Gasteiger partial charge < -0.3 is 10.4 Å². The van der Waals surface area contributed by atoms with Gasteiger partial charge in [-0.25, -0.2) is 8.42 Å². The van der Waals surface area contributed by atoms with Crippen molar-refractivity contribution < 1.29 is 18.3 Å². The van der Waals surface area contributed by atoms with E-state index in [-0.39, 0.29) is 16.2 Å². The Labute approximate surface area is 153 Å². The van der Waals surface area contributed by atoms with Crippen LogP contribution in [0.1, 0.15) is 35.7 Å². The van der Waals surface area contributed by atoms with Crippen LogP contribution in [0, 0.1) is 0 Å². The Morgan fingerprint density at radius 1 is 1.12 bits per heavy atom. The zero-order valence-corrected chi connectivity index (χ0v) is 15.4. The summed E-state index contributed by atoms with van der Waals surface area (Å²) in [6, 6.07) is 11.2. The predicted octanol–water partition coefficient (Wildman–Crippen LogP) is 2.99. The molecule has 2 N–H and O–H groups in total. The molecule has 2 aromatic rings. The largest absolute Gasteiger partial charge is 0.507 e. The summed E-state index contributed by atoms with van der Waals surface area (Å²) in [4.78, 5) is 12.5. The van der Waals surface area contributed by atoms with Gasteiger partial charge in [-0.1, -0.05) is 19.1 Å². The van der Waals surface area contributed by atoms with Gasteiger partial charge in [0.2, 0.25) is 10.0 Å². The Bertz CT molecular complexity index is 902. The number of phenols is 1. The maximum absolute atomic E-state index is 12.7. The van der Waals surface area contributed by atoms with Crippen molar-refractivity contribution in [2.45, 2.75) is 31.1 Å². The first-order valence-corrected chi connectivity index (χ1v) is 10.1. The summed E-state index contributed by atoms with van der Waals surface area (Å²) in [6.07, 6.45) is 2.56. The van der Waals surface area contributed by atoms with Crippen LogP contribution in [-0.2, 0) is 16.4 Å². The first-order chi connectivity index (χ1) is 12.4. The number of carbonyl (C=O) groups is 1. The number of nitrogens with zero attached hydrogens (tertiary/aromatic N) is 1. The summed E-state index contributed by atoms with van der Waals surface area (Å²) < 4.78 is 26.7. The fraction of sp³-hybridized carbons (Fsp3) is 0.316. The normalized spacial score (nSPS) is 15.1. The molecule has 1 heterocycles. The molecule has 0 unspecified atom stereocenters. The number of benzene rings is 2. The third-order valence-corrected chi connectivity index (χ3v) is 6.43. The van der Waals surface area contributed by atoms with E-state index in [0.29, 0.717) is 18.8 Å². The zero-order chi connectivity index (χ0) is 18.7. The maximum atomic E-state index is 12.7. The molecule has 0 aromatic heterocycles. The van der Waals surface area contributed by atoms with E-state index in [1.54, 1.807) is 12.1 Å². The van der Waals surface area contributed by atoms with E-state index in [2.05, 4.69) is 5.32 Å². The van der Waals surface area contributed by atoms with Gasteiger partial charge in [0.25, 0.3) is 5.91 Å². The lowest BCUT2D eigenvalue weighted by Gasteiger charge is -2.16. The fourth-order valence-corrected chi connectivity index (χ4v) is 4.50. The number of aromatic hydroxyl groups is 1. The van der Waals surface area contributed by atoms with Crippen LogP contribution in [0.15, 0.2) is 47.4 Å². The Kier molecular flexibility index (Phi) is 5.29. The number of amides is 1. The van der Waals surface area contributed by atoms with Crippen LogP contribution in [0.5, 0.6) is 5.75 Å². The van der Waals surface area contributed by atoms with Gasteiger partial charge in [-0.2, -0.15) is 4.31 Å². The standard InChI is InChI=1S/C19H22N2O4S/c1-2-14-5-7-15(8-6-14)20-19(23)17-13-16(9-10-18(17)22)26(24,25)21-11-3-4-12-21/h5-10,13,22H,2-4,11-12H2,1H3,(H,20,23). The monoisotopic (exact) mass is 374 g/mol. The molecule has 0 bridgehead atoms. The summed E-state index contributed by atoms with van der Waals surface area (Å²) in [5, 5.41) is 12.7. The summed E-state index contributed by atoms with van der Waals surface area (Å²) in [7, 11) is -3.65. The molecule has 3 rings (SSSR count). The lowest BCUT2D eigenvalue weighted by molar-refractivity contribution is 0.102. The summed E-state index contributed by atoms with van der Waals surface area (Å²) in [5.41, 5.74) is 1.66. The third kappa shape index (κ3) is 3.73. The SMILES string of the molecule is CCc1ccc(NC(=O)c2cc(S(=O)(=O)N3CCCC3)ccc2O)cc1. The minimum absolute atomic E-state index is 0.0173. The maximum Gasteiger partial charge on any atom is 0.259 e. The van der Waals surface area contributed by atoms with E-state index in [1.165, 1.54) is 22.5 Å². The average molecular weight is 374 g/mol. The molecule has 1 aliphatic heterocycles. The van der Waals surface area contributed by atoms with E-state index in [9.17, 15) is 18.3 Å². The molecule has 1 aliphatic rings. The summed E-state index contributed by atoms with van der Waals surface area (Å²) >= 11 is 0. The molecule has 0 aliphatic carbocycles. The van der Waals surface area contributed by atoms with E-state index in [0.717, 1.165) is 24.8 Å². The van der Waals surface area contributed by atoms with Crippen molar-refractivity contribution >= 4 is 21.6 Å². The molecular weight excluding hydrogens is 352 g/mol. The number of nitrogens with one attached hydrogen (secondary N) is 1. The van der Waals surface area contributed by atoms with Gasteiger partial charge in [-0.15, -0.1) is 0 Å². The van der Waals surface area contributed by atoms with Crippen LogP contribution >= 0.6 is 0 Å². The quantitative estimate of drug-likeness (QED) is 0.842. The second-order valence-electron chi connectivity index (χ2n) is 6.29. The van der Waals surface area contributed by atoms with Crippen LogP contribution in [-0.4, -0.2) is 36.8 Å². The number of hydrogen-bond acceptors (Lipinski definition) is 4. The Balaban J connectivity index is 1.85. The van der Waals surface area contributed by atoms with Crippen LogP contribution in [0.4, 0.5) is 5.69 Å². The minimum atomic E-state index is -3.65. The van der Waals surface area contributed by atoms with Gasteiger partial charge in [0.15, 0.2) is 0 Å². The van der Waals surface area contributed by atoms with Crippen molar-refractivity contribution in [3.63, 3.8) is 0 Å². The number of aryl methyl sites for hydroxylation is 1. The van der Waals surface area contributed by atoms with E-state index in [4.69, 9.17) is 0 Å². The lowest BCUT2D eigenvalue weighted by Crippen LogP contribution is -2.28. The van der Waals surface area contributed by atoms with E-state index < -0.39 is 15.9 Å². The second-order valence-corrected chi connectivity index (χ2v) is 8.23. The van der Waals surface area contributed by atoms with Crippen LogP contribution in [0.25, 0.3) is 0 Å². The van der Waals surface area contributed by atoms with Gasteiger partial charge >= 0.3 is 0 Å². The van der Waals surface area contributed by atoms with Crippen molar-refractivity contribution in [2.75, 3.05) is 18.4 Å². The summed E-state index contributed by atoms with van der Waals surface area (Å²) in [6.45, 7) is 3.00. The number of hydrogen-bond donors (Lipinski definition) is 2. The molecule has 1 saturated heterocycles. The van der Waals surface area contributed by atoms with E-state index >= 15 is 0 Å². The van der Waals surface area contributed by atoms with Gasteiger partial charge in [-0.05, 0) is 55.2 Å². The Morgan fingerprint density at radius 2 is 1.77 bits per heavy atom. The van der Waals surface area contributed by atoms with Gasteiger partial charge in [0.1, 0.15) is 5.75 Å². The van der Waals surface area contributed by atoms with Crippen LogP contribution in [0.3, 0.4) is 0 Å². The number of phenolic OH excluding ortho intramolecular Hbond substituents is 1. The Morgan fingerprint density at radius 3 is 2.38 bits per heavy atom. The molecule has 7 heteroatoms. The van der Waals surface area contributed by atoms with Crippen molar-refractivity contribution in [1.29, 1.82) is 0 Å². The second kappa shape index (κ2) is 7.47. The van der Waals surface area contributed by atoms with Gasteiger partial charge in [0, 0.05) is 18.8 Å². The first-order valence-electron chi connectivity index (χ1n) is 8.65. The third-order valence-electron chi connectivity index (χ3n) is 4.54.